The van der Waals surface area contributed by atoms with Gasteiger partial charge in [-0.2, -0.15) is 5.10 Å². The second kappa shape index (κ2) is 6.42. The van der Waals surface area contributed by atoms with Gasteiger partial charge in [0.05, 0.1) is 25.7 Å². The van der Waals surface area contributed by atoms with E-state index in [9.17, 15) is 0 Å². The van der Waals surface area contributed by atoms with Gasteiger partial charge in [0.1, 0.15) is 0 Å². The van der Waals surface area contributed by atoms with Crippen molar-refractivity contribution in [2.75, 3.05) is 13.6 Å². The van der Waals surface area contributed by atoms with Crippen molar-refractivity contribution < 1.29 is 0 Å². The number of halogens is 1. The van der Waals surface area contributed by atoms with Crippen molar-refractivity contribution in [2.45, 2.75) is 0 Å². The molecule has 3 heterocycles. The Balaban J connectivity index is 1.84. The molecule has 0 saturated carbocycles. The summed E-state index contributed by atoms with van der Waals surface area (Å²) in [7, 11) is 2.07. The van der Waals surface area contributed by atoms with Crippen LogP contribution in [-0.2, 0) is 0 Å². The topological polar surface area (TPSA) is 21.1 Å². The summed E-state index contributed by atoms with van der Waals surface area (Å²) in [5.74, 6) is 0. The molecule has 0 N–H and O–H groups in total. The summed E-state index contributed by atoms with van der Waals surface area (Å²) in [4.78, 5) is 3.34. The van der Waals surface area contributed by atoms with Crippen LogP contribution in [0.4, 0.5) is 0 Å². The average Bonchev–Trinajstić information content (AvgIpc) is 3.23. The highest BCUT2D eigenvalue weighted by molar-refractivity contribution is 9.11. The predicted octanol–water partition coefficient (Wildman–Crippen LogP) is 5.21. The molecular weight excluding hydrogens is 382 g/mol. The molecule has 0 aliphatic carbocycles. The summed E-state index contributed by atoms with van der Waals surface area (Å²) in [6.07, 6.45) is 6.43. The van der Waals surface area contributed by atoms with Gasteiger partial charge in [0.2, 0.25) is 0 Å². The number of allylic oxidation sites excluding steroid dienone is 2. The fraction of sp³-hybridized carbons (Fsp3) is 0.105. The first kappa shape index (κ1) is 15.4. The predicted molar refractivity (Wildman–Crippen MR) is 104 cm³/mol. The van der Waals surface area contributed by atoms with Crippen LogP contribution >= 0.6 is 27.3 Å². The lowest BCUT2D eigenvalue weighted by atomic mass is 10.1. The monoisotopic (exact) mass is 397 g/mol. The zero-order chi connectivity index (χ0) is 16.5. The lowest BCUT2D eigenvalue weighted by Gasteiger charge is -2.15. The van der Waals surface area contributed by atoms with Gasteiger partial charge >= 0.3 is 0 Å². The summed E-state index contributed by atoms with van der Waals surface area (Å²) >= 11 is 5.28. The van der Waals surface area contributed by atoms with Gasteiger partial charge in [-0.15, -0.1) is 11.3 Å². The Morgan fingerprint density at radius 1 is 1.12 bits per heavy atom. The van der Waals surface area contributed by atoms with Gasteiger partial charge in [-0.1, -0.05) is 24.3 Å². The largest absolute Gasteiger partial charge is 0.377 e. The Morgan fingerprint density at radius 2 is 1.96 bits per heavy atom. The van der Waals surface area contributed by atoms with Crippen LogP contribution in [0.5, 0.6) is 0 Å². The smallest absolute Gasteiger partial charge is 0.0932 e. The second-order valence-corrected chi connectivity index (χ2v) is 8.14. The molecule has 1 aromatic carbocycles. The Hall–Kier alpha value is -2.11. The van der Waals surface area contributed by atoms with E-state index in [0.717, 1.165) is 27.4 Å². The first-order valence-corrected chi connectivity index (χ1v) is 9.32. The third-order valence-corrected chi connectivity index (χ3v) is 5.59. The molecule has 0 atom stereocenters. The molecule has 3 aromatic rings. The first-order chi connectivity index (χ1) is 11.7. The van der Waals surface area contributed by atoms with Crippen molar-refractivity contribution in [3.8, 4) is 16.3 Å². The van der Waals surface area contributed by atoms with Gasteiger partial charge < -0.3 is 4.90 Å². The Bertz CT molecular complexity index is 921. The highest BCUT2D eigenvalue weighted by atomic mass is 79.9. The van der Waals surface area contributed by atoms with E-state index >= 15 is 0 Å². The minimum Gasteiger partial charge on any atom is -0.377 e. The van der Waals surface area contributed by atoms with E-state index in [1.54, 1.807) is 11.3 Å². The van der Waals surface area contributed by atoms with Crippen molar-refractivity contribution in [3.63, 3.8) is 0 Å². The quantitative estimate of drug-likeness (QED) is 0.604. The fourth-order valence-electron chi connectivity index (χ4n) is 2.68. The molecule has 0 unspecified atom stereocenters. The van der Waals surface area contributed by atoms with E-state index in [4.69, 9.17) is 5.10 Å². The number of hydrogen-bond acceptors (Lipinski definition) is 3. The van der Waals surface area contributed by atoms with Crippen LogP contribution in [0.25, 0.3) is 21.8 Å². The molecule has 0 fully saturated rings. The zero-order valence-electron chi connectivity index (χ0n) is 13.2. The maximum absolute atomic E-state index is 4.88. The summed E-state index contributed by atoms with van der Waals surface area (Å²) < 4.78 is 3.15. The Morgan fingerprint density at radius 3 is 2.62 bits per heavy atom. The van der Waals surface area contributed by atoms with Crippen LogP contribution < -0.4 is 0 Å². The lowest BCUT2D eigenvalue weighted by molar-refractivity contribution is 0.506. The van der Waals surface area contributed by atoms with E-state index in [-0.39, 0.29) is 0 Å². The maximum atomic E-state index is 4.88. The van der Waals surface area contributed by atoms with E-state index in [1.807, 2.05) is 22.9 Å². The average molecular weight is 398 g/mol. The highest BCUT2D eigenvalue weighted by Crippen LogP contribution is 2.34. The molecule has 0 radical (unpaired) electrons. The van der Waals surface area contributed by atoms with Gasteiger partial charge in [0, 0.05) is 19.2 Å². The summed E-state index contributed by atoms with van der Waals surface area (Å²) in [5.41, 5.74) is 4.35. The van der Waals surface area contributed by atoms with E-state index < -0.39 is 0 Å². The molecule has 0 amide bonds. The molecule has 24 heavy (non-hydrogen) atoms. The molecule has 120 valence electrons. The summed E-state index contributed by atoms with van der Waals surface area (Å²) in [5, 5.41) is 4.88. The van der Waals surface area contributed by atoms with Gasteiger partial charge in [-0.05, 0) is 58.5 Å². The third-order valence-electron chi connectivity index (χ3n) is 3.94. The molecule has 2 aromatic heterocycles. The minimum atomic E-state index is 0.907. The van der Waals surface area contributed by atoms with E-state index in [0.29, 0.717) is 0 Å². The second-order valence-electron chi connectivity index (χ2n) is 5.68. The van der Waals surface area contributed by atoms with Gasteiger partial charge in [0.15, 0.2) is 0 Å². The van der Waals surface area contributed by atoms with Crippen LogP contribution in [0.2, 0.25) is 0 Å². The SMILES string of the molecule is CN1C=CC(c2cc(-c3ccc(Br)s3)n(-c3ccccc3)n2)=CC1. The number of benzene rings is 1. The van der Waals surface area contributed by atoms with Crippen molar-refractivity contribution in [3.05, 3.63) is 76.4 Å². The zero-order valence-corrected chi connectivity index (χ0v) is 15.6. The number of aromatic nitrogens is 2. The fourth-order valence-corrected chi connectivity index (χ4v) is 4.07. The van der Waals surface area contributed by atoms with Crippen molar-refractivity contribution in [1.82, 2.24) is 14.7 Å². The number of likely N-dealkylation sites (N-methyl/N-ethyl adjacent to an activating group) is 1. The van der Waals surface area contributed by atoms with Crippen LogP contribution in [0, 0.1) is 0 Å². The van der Waals surface area contributed by atoms with Crippen molar-refractivity contribution in [1.29, 1.82) is 0 Å². The highest BCUT2D eigenvalue weighted by Gasteiger charge is 2.16. The molecular formula is C19H16BrN3S. The first-order valence-electron chi connectivity index (χ1n) is 7.71. The number of hydrogen-bond donors (Lipinski definition) is 0. The maximum Gasteiger partial charge on any atom is 0.0932 e. The van der Waals surface area contributed by atoms with Gasteiger partial charge in [-0.25, -0.2) is 4.68 Å². The van der Waals surface area contributed by atoms with Crippen molar-refractivity contribution >= 4 is 32.8 Å². The van der Waals surface area contributed by atoms with Crippen molar-refractivity contribution in [2.24, 2.45) is 0 Å². The Kier molecular flexibility index (Phi) is 4.12. The van der Waals surface area contributed by atoms with Crippen LogP contribution in [-0.4, -0.2) is 28.3 Å². The number of para-hydroxylation sites is 1. The molecule has 5 heteroatoms. The lowest BCUT2D eigenvalue weighted by Crippen LogP contribution is -2.13. The third kappa shape index (κ3) is 2.97. The molecule has 0 bridgehead atoms. The molecule has 0 spiro atoms. The molecule has 3 nitrogen and oxygen atoms in total. The van der Waals surface area contributed by atoms with Gasteiger partial charge in [0.25, 0.3) is 0 Å². The number of nitrogens with zero attached hydrogens (tertiary/aromatic N) is 3. The van der Waals surface area contributed by atoms with E-state index in [1.165, 1.54) is 10.5 Å². The minimum absolute atomic E-state index is 0.907. The van der Waals surface area contributed by atoms with Crippen LogP contribution in [0.1, 0.15) is 5.69 Å². The number of thiophene rings is 1. The van der Waals surface area contributed by atoms with E-state index in [2.05, 4.69) is 76.6 Å². The molecule has 1 aliphatic heterocycles. The summed E-state index contributed by atoms with van der Waals surface area (Å²) in [6.45, 7) is 0.907. The van der Waals surface area contributed by atoms with Crippen LogP contribution in [0.3, 0.4) is 0 Å². The molecule has 1 aliphatic rings. The number of rotatable bonds is 3. The van der Waals surface area contributed by atoms with Gasteiger partial charge in [-0.3, -0.25) is 0 Å². The molecule has 0 saturated heterocycles. The molecule has 4 rings (SSSR count). The normalized spacial score (nSPS) is 14.1. The Labute approximate surface area is 153 Å². The standard InChI is InChI=1S/C19H16BrN3S/c1-22-11-9-14(10-12-22)16-13-17(18-7-8-19(20)24-18)23(21-16)15-5-3-2-4-6-15/h2-11,13H,12H2,1H3. The summed E-state index contributed by atoms with van der Waals surface area (Å²) in [6, 6.07) is 16.7. The van der Waals surface area contributed by atoms with Crippen LogP contribution in [0.15, 0.2) is 70.7 Å².